The molecule has 0 atom stereocenters. The van der Waals surface area contributed by atoms with Gasteiger partial charge in [0.15, 0.2) is 0 Å². The largest absolute Gasteiger partial charge is 0.477 e. The minimum atomic E-state index is -1.01. The number of nitrogens with one attached hydrogen (secondary N) is 1. The highest BCUT2D eigenvalue weighted by atomic mass is 79.9. The number of hydrogen-bond acceptors (Lipinski definition) is 5. The molecule has 0 saturated heterocycles. The van der Waals surface area contributed by atoms with Crippen LogP contribution in [0.3, 0.4) is 0 Å². The van der Waals surface area contributed by atoms with Gasteiger partial charge in [-0.3, -0.25) is 4.79 Å². The van der Waals surface area contributed by atoms with Gasteiger partial charge in [-0.2, -0.15) is 0 Å². The van der Waals surface area contributed by atoms with Crippen LogP contribution in [0.15, 0.2) is 22.7 Å². The number of carboxylic acid groups (broad SMARTS) is 1. The Hall–Kier alpha value is -1.93. The van der Waals surface area contributed by atoms with Crippen molar-refractivity contribution < 1.29 is 14.7 Å². The maximum atomic E-state index is 12.0. The first-order valence-electron chi connectivity index (χ1n) is 5.91. The second kappa shape index (κ2) is 6.23. The summed E-state index contributed by atoms with van der Waals surface area (Å²) < 4.78 is 0.790. The lowest BCUT2D eigenvalue weighted by Crippen LogP contribution is -2.23. The Morgan fingerprint density at radius 1 is 1.48 bits per heavy atom. The number of nitrogen functional groups attached to an aromatic ring is 1. The van der Waals surface area contributed by atoms with Gasteiger partial charge in [-0.1, -0.05) is 15.9 Å². The molecule has 0 aliphatic heterocycles. The highest BCUT2D eigenvalue weighted by molar-refractivity contribution is 9.10. The van der Waals surface area contributed by atoms with Gasteiger partial charge in [0.25, 0.3) is 5.91 Å². The molecule has 21 heavy (non-hydrogen) atoms. The molecular formula is C13H12BrN3O3S. The molecule has 0 fully saturated rings. The van der Waals surface area contributed by atoms with Crippen molar-refractivity contribution in [1.82, 2.24) is 10.3 Å². The normalized spacial score (nSPS) is 10.4. The van der Waals surface area contributed by atoms with E-state index in [0.29, 0.717) is 22.0 Å². The van der Waals surface area contributed by atoms with Crippen LogP contribution in [0.25, 0.3) is 0 Å². The van der Waals surface area contributed by atoms with E-state index in [0.717, 1.165) is 15.8 Å². The van der Waals surface area contributed by atoms with Crippen molar-refractivity contribution in [3.63, 3.8) is 0 Å². The second-order valence-electron chi connectivity index (χ2n) is 4.24. The number of carbonyl (C=O) groups is 2. The minimum absolute atomic E-state index is 0.160. The van der Waals surface area contributed by atoms with Gasteiger partial charge in [0, 0.05) is 10.2 Å². The van der Waals surface area contributed by atoms with Crippen molar-refractivity contribution in [2.24, 2.45) is 0 Å². The number of carboxylic acids is 1. The van der Waals surface area contributed by atoms with Crippen LogP contribution in [0.5, 0.6) is 0 Å². The number of carbonyl (C=O) groups excluding carboxylic acids is 1. The fourth-order valence-corrected chi connectivity index (χ4v) is 2.94. The van der Waals surface area contributed by atoms with Crippen LogP contribution in [-0.2, 0) is 6.54 Å². The number of aryl methyl sites for hydroxylation is 1. The van der Waals surface area contributed by atoms with E-state index in [1.165, 1.54) is 0 Å². The van der Waals surface area contributed by atoms with E-state index in [4.69, 9.17) is 10.8 Å². The van der Waals surface area contributed by atoms with Crippen LogP contribution >= 0.6 is 27.3 Å². The van der Waals surface area contributed by atoms with Crippen molar-refractivity contribution in [2.75, 3.05) is 5.73 Å². The Labute approximate surface area is 133 Å². The third-order valence-electron chi connectivity index (χ3n) is 2.69. The third kappa shape index (κ3) is 3.59. The fraction of sp³-hybridized carbons (Fsp3) is 0.154. The van der Waals surface area contributed by atoms with E-state index in [1.807, 2.05) is 0 Å². The van der Waals surface area contributed by atoms with E-state index >= 15 is 0 Å². The zero-order chi connectivity index (χ0) is 15.6. The Bertz CT molecular complexity index is 715. The fourth-order valence-electron chi connectivity index (χ4n) is 1.72. The summed E-state index contributed by atoms with van der Waals surface area (Å²) in [5.41, 5.74) is 6.95. The van der Waals surface area contributed by atoms with Crippen LogP contribution in [0.4, 0.5) is 5.69 Å². The third-order valence-corrected chi connectivity index (χ3v) is 4.33. The molecule has 1 aromatic heterocycles. The van der Waals surface area contributed by atoms with Crippen LogP contribution in [-0.4, -0.2) is 22.0 Å². The molecule has 0 radical (unpaired) electrons. The SMILES string of the molecule is Cc1nc(CNC(=O)c2ccc(Br)cc2N)sc1C(=O)O. The van der Waals surface area contributed by atoms with Crippen molar-refractivity contribution in [3.8, 4) is 0 Å². The molecule has 110 valence electrons. The molecule has 1 amide bonds. The van der Waals surface area contributed by atoms with Crippen molar-refractivity contribution in [2.45, 2.75) is 13.5 Å². The van der Waals surface area contributed by atoms with E-state index in [9.17, 15) is 9.59 Å². The number of nitrogens with two attached hydrogens (primary N) is 1. The van der Waals surface area contributed by atoms with Gasteiger partial charge >= 0.3 is 5.97 Å². The molecule has 0 aliphatic carbocycles. The number of aromatic nitrogens is 1. The average molecular weight is 370 g/mol. The molecule has 6 nitrogen and oxygen atoms in total. The van der Waals surface area contributed by atoms with E-state index in [-0.39, 0.29) is 17.3 Å². The second-order valence-corrected chi connectivity index (χ2v) is 6.24. The molecule has 0 saturated carbocycles. The average Bonchev–Trinajstić information content (AvgIpc) is 2.77. The van der Waals surface area contributed by atoms with Crippen molar-refractivity contribution >= 4 is 44.8 Å². The van der Waals surface area contributed by atoms with Gasteiger partial charge in [0.05, 0.1) is 17.8 Å². The number of thiazole rings is 1. The smallest absolute Gasteiger partial charge is 0.347 e. The Kier molecular flexibility index (Phi) is 4.59. The Morgan fingerprint density at radius 3 is 2.76 bits per heavy atom. The van der Waals surface area contributed by atoms with E-state index in [2.05, 4.69) is 26.2 Å². The predicted molar refractivity (Wildman–Crippen MR) is 83.5 cm³/mol. The monoisotopic (exact) mass is 369 g/mol. The molecule has 2 rings (SSSR count). The van der Waals surface area contributed by atoms with Gasteiger partial charge in [-0.25, -0.2) is 9.78 Å². The first kappa shape index (κ1) is 15.5. The molecule has 0 unspecified atom stereocenters. The van der Waals surface area contributed by atoms with E-state index < -0.39 is 5.97 Å². The number of benzene rings is 1. The quantitative estimate of drug-likeness (QED) is 0.717. The lowest BCUT2D eigenvalue weighted by molar-refractivity contribution is 0.0701. The van der Waals surface area contributed by atoms with Gasteiger partial charge < -0.3 is 16.2 Å². The highest BCUT2D eigenvalue weighted by Gasteiger charge is 2.15. The lowest BCUT2D eigenvalue weighted by atomic mass is 10.1. The molecule has 2 aromatic rings. The summed E-state index contributed by atoms with van der Waals surface area (Å²) in [6, 6.07) is 4.98. The summed E-state index contributed by atoms with van der Waals surface area (Å²) >= 11 is 4.32. The molecule has 4 N–H and O–H groups in total. The van der Waals surface area contributed by atoms with Crippen LogP contribution in [0.2, 0.25) is 0 Å². The molecule has 1 heterocycles. The number of hydrogen-bond donors (Lipinski definition) is 3. The Balaban J connectivity index is 2.07. The number of aromatic carboxylic acids is 1. The lowest BCUT2D eigenvalue weighted by Gasteiger charge is -2.06. The van der Waals surface area contributed by atoms with E-state index in [1.54, 1.807) is 25.1 Å². The number of rotatable bonds is 4. The Morgan fingerprint density at radius 2 is 2.19 bits per heavy atom. The predicted octanol–water partition coefficient (Wildman–Crippen LogP) is 2.42. The van der Waals surface area contributed by atoms with Gasteiger partial charge in [-0.05, 0) is 25.1 Å². The maximum Gasteiger partial charge on any atom is 0.347 e. The topological polar surface area (TPSA) is 105 Å². The van der Waals surface area contributed by atoms with Crippen molar-refractivity contribution in [3.05, 3.63) is 43.8 Å². The summed E-state index contributed by atoms with van der Waals surface area (Å²) in [4.78, 5) is 27.3. The zero-order valence-corrected chi connectivity index (χ0v) is 13.4. The molecule has 0 spiro atoms. The molecule has 0 aliphatic rings. The highest BCUT2D eigenvalue weighted by Crippen LogP contribution is 2.20. The number of anilines is 1. The van der Waals surface area contributed by atoms with Gasteiger partial charge in [-0.15, -0.1) is 11.3 Å². The van der Waals surface area contributed by atoms with Gasteiger partial charge in [0.1, 0.15) is 9.88 Å². The van der Waals surface area contributed by atoms with Crippen molar-refractivity contribution in [1.29, 1.82) is 0 Å². The molecular weight excluding hydrogens is 358 g/mol. The molecule has 1 aromatic carbocycles. The standard InChI is InChI=1S/C13H12BrN3O3S/c1-6-11(13(19)20)21-10(17-6)5-16-12(18)8-3-2-7(14)4-9(8)15/h2-4H,5,15H2,1H3,(H,16,18)(H,19,20). The summed E-state index contributed by atoms with van der Waals surface area (Å²) in [5.74, 6) is -1.34. The van der Waals surface area contributed by atoms with Gasteiger partial charge in [0.2, 0.25) is 0 Å². The summed E-state index contributed by atoms with van der Waals surface area (Å²) in [6.07, 6.45) is 0. The van der Waals surface area contributed by atoms with Crippen LogP contribution in [0.1, 0.15) is 30.7 Å². The minimum Gasteiger partial charge on any atom is -0.477 e. The maximum absolute atomic E-state index is 12.0. The molecule has 8 heteroatoms. The summed E-state index contributed by atoms with van der Waals surface area (Å²) in [5, 5.41) is 12.2. The first-order chi connectivity index (χ1) is 9.88. The number of nitrogens with zero attached hydrogens (tertiary/aromatic N) is 1. The number of halogens is 1. The molecule has 0 bridgehead atoms. The van der Waals surface area contributed by atoms with Crippen LogP contribution in [0, 0.1) is 6.92 Å². The summed E-state index contributed by atoms with van der Waals surface area (Å²) in [6.45, 7) is 1.78. The zero-order valence-electron chi connectivity index (χ0n) is 11.0. The van der Waals surface area contributed by atoms with Crippen LogP contribution < -0.4 is 11.1 Å². The number of amides is 1. The summed E-state index contributed by atoms with van der Waals surface area (Å²) in [7, 11) is 0. The first-order valence-corrected chi connectivity index (χ1v) is 7.52.